The highest BCUT2D eigenvalue weighted by atomic mass is 16.5. The minimum absolute atomic E-state index is 0.102. The van der Waals surface area contributed by atoms with Gasteiger partial charge in [0.2, 0.25) is 0 Å². The Morgan fingerprint density at radius 1 is 1.08 bits per heavy atom. The number of likely N-dealkylation sites (N-methyl/N-ethyl adjacent to an activating group) is 1. The highest BCUT2D eigenvalue weighted by Gasteiger charge is 2.30. The summed E-state index contributed by atoms with van der Waals surface area (Å²) in [4.78, 5) is 30.5. The van der Waals surface area contributed by atoms with Crippen LogP contribution in [0.2, 0.25) is 0 Å². The van der Waals surface area contributed by atoms with Crippen molar-refractivity contribution in [3.63, 3.8) is 0 Å². The van der Waals surface area contributed by atoms with Crippen molar-refractivity contribution in [2.24, 2.45) is 11.8 Å². The smallest absolute Gasteiger partial charge is 0.319 e. The van der Waals surface area contributed by atoms with E-state index in [9.17, 15) is 9.59 Å². The summed E-state index contributed by atoms with van der Waals surface area (Å²) in [6.07, 6.45) is 7.60. The molecule has 3 atom stereocenters. The van der Waals surface area contributed by atoms with Crippen molar-refractivity contribution in [1.29, 1.82) is 0 Å². The van der Waals surface area contributed by atoms with Gasteiger partial charge in [-0.1, -0.05) is 26.2 Å². The van der Waals surface area contributed by atoms with Gasteiger partial charge in [-0.05, 0) is 62.6 Å². The SMILES string of the molecule is CO[C@H]1CN(C)C(=O)c2cc(NC(=O)NC3CCCCC3)ccc2OC[C@@H](C)N(CC2CCOCC2)C[C@H]1C. The van der Waals surface area contributed by atoms with E-state index in [2.05, 4.69) is 29.4 Å². The molecule has 1 aliphatic carbocycles. The van der Waals surface area contributed by atoms with Crippen LogP contribution in [0.25, 0.3) is 0 Å². The second-order valence-corrected chi connectivity index (χ2v) is 11.8. The lowest BCUT2D eigenvalue weighted by molar-refractivity contribution is 0.0000228. The molecule has 2 aliphatic heterocycles. The molecule has 39 heavy (non-hydrogen) atoms. The average molecular weight is 545 g/mol. The summed E-state index contributed by atoms with van der Waals surface area (Å²) in [6, 6.07) is 5.47. The summed E-state index contributed by atoms with van der Waals surface area (Å²) in [6.45, 7) is 8.84. The number of amides is 3. The van der Waals surface area contributed by atoms with Crippen LogP contribution in [0.3, 0.4) is 0 Å². The van der Waals surface area contributed by atoms with Crippen LogP contribution in [-0.4, -0.2) is 93.5 Å². The molecular weight excluding hydrogens is 496 g/mol. The average Bonchev–Trinajstić information content (AvgIpc) is 2.94. The molecule has 0 spiro atoms. The monoisotopic (exact) mass is 544 g/mol. The molecule has 2 fully saturated rings. The summed E-state index contributed by atoms with van der Waals surface area (Å²) < 4.78 is 17.8. The number of hydrogen-bond acceptors (Lipinski definition) is 6. The predicted molar refractivity (Wildman–Crippen MR) is 152 cm³/mol. The fourth-order valence-corrected chi connectivity index (χ4v) is 6.04. The van der Waals surface area contributed by atoms with E-state index in [-0.39, 0.29) is 36.0 Å². The molecule has 0 radical (unpaired) electrons. The Bertz CT molecular complexity index is 947. The number of fused-ring (bicyclic) bond motifs is 1. The van der Waals surface area contributed by atoms with Gasteiger partial charge in [-0.2, -0.15) is 0 Å². The van der Waals surface area contributed by atoms with E-state index in [1.807, 2.05) is 6.07 Å². The molecule has 4 rings (SSSR count). The summed E-state index contributed by atoms with van der Waals surface area (Å²) in [5.74, 6) is 1.21. The first-order chi connectivity index (χ1) is 18.8. The number of urea groups is 1. The van der Waals surface area contributed by atoms with Crippen LogP contribution in [0.5, 0.6) is 5.75 Å². The Morgan fingerprint density at radius 2 is 1.82 bits per heavy atom. The second kappa shape index (κ2) is 14.3. The zero-order valence-corrected chi connectivity index (χ0v) is 24.2. The van der Waals surface area contributed by atoms with E-state index in [1.54, 1.807) is 31.2 Å². The number of benzene rings is 1. The Morgan fingerprint density at radius 3 is 2.54 bits per heavy atom. The minimum Gasteiger partial charge on any atom is -0.491 e. The van der Waals surface area contributed by atoms with Gasteiger partial charge in [0.05, 0.1) is 11.7 Å². The van der Waals surface area contributed by atoms with Gasteiger partial charge >= 0.3 is 6.03 Å². The van der Waals surface area contributed by atoms with Crippen LogP contribution in [0.1, 0.15) is 69.2 Å². The van der Waals surface area contributed by atoms with E-state index in [0.717, 1.165) is 64.8 Å². The number of nitrogens with zero attached hydrogens (tertiary/aromatic N) is 2. The number of carbonyl (C=O) groups is 2. The van der Waals surface area contributed by atoms with Crippen LogP contribution in [0.15, 0.2) is 18.2 Å². The number of carbonyl (C=O) groups excluding carboxylic acids is 2. The highest BCUT2D eigenvalue weighted by Crippen LogP contribution is 2.27. The van der Waals surface area contributed by atoms with Gasteiger partial charge in [0, 0.05) is 64.8 Å². The normalized spacial score (nSPS) is 26.6. The molecule has 0 aromatic heterocycles. The highest BCUT2D eigenvalue weighted by molar-refractivity contribution is 5.99. The largest absolute Gasteiger partial charge is 0.491 e. The zero-order valence-electron chi connectivity index (χ0n) is 24.2. The molecule has 9 heteroatoms. The molecule has 2 heterocycles. The topological polar surface area (TPSA) is 92.4 Å². The van der Waals surface area contributed by atoms with Crippen molar-refractivity contribution in [3.05, 3.63) is 23.8 Å². The number of nitrogens with one attached hydrogen (secondary N) is 2. The lowest BCUT2D eigenvalue weighted by atomic mass is 9.96. The summed E-state index contributed by atoms with van der Waals surface area (Å²) in [5.41, 5.74) is 1.02. The maximum atomic E-state index is 13.6. The Hall–Kier alpha value is -2.36. The van der Waals surface area contributed by atoms with E-state index < -0.39 is 0 Å². The fourth-order valence-electron chi connectivity index (χ4n) is 6.04. The van der Waals surface area contributed by atoms with Crippen molar-refractivity contribution in [2.45, 2.75) is 77.0 Å². The van der Waals surface area contributed by atoms with Gasteiger partial charge in [0.25, 0.3) is 5.91 Å². The molecule has 3 amide bonds. The molecule has 9 nitrogen and oxygen atoms in total. The zero-order chi connectivity index (χ0) is 27.8. The number of hydrogen-bond donors (Lipinski definition) is 2. The maximum Gasteiger partial charge on any atom is 0.319 e. The van der Waals surface area contributed by atoms with Gasteiger partial charge < -0.3 is 29.7 Å². The van der Waals surface area contributed by atoms with Crippen molar-refractivity contribution in [3.8, 4) is 5.75 Å². The molecule has 218 valence electrons. The molecule has 1 aromatic carbocycles. The van der Waals surface area contributed by atoms with Gasteiger partial charge in [0.1, 0.15) is 12.4 Å². The van der Waals surface area contributed by atoms with E-state index >= 15 is 0 Å². The fraction of sp³-hybridized carbons (Fsp3) is 0.733. The number of rotatable bonds is 5. The van der Waals surface area contributed by atoms with Crippen molar-refractivity contribution in [1.82, 2.24) is 15.1 Å². The van der Waals surface area contributed by atoms with Crippen molar-refractivity contribution < 1.29 is 23.8 Å². The predicted octanol–water partition coefficient (Wildman–Crippen LogP) is 4.37. The third-order valence-electron chi connectivity index (χ3n) is 8.61. The van der Waals surface area contributed by atoms with E-state index in [0.29, 0.717) is 36.1 Å². The van der Waals surface area contributed by atoms with Crippen LogP contribution in [-0.2, 0) is 9.47 Å². The quantitative estimate of drug-likeness (QED) is 0.572. The minimum atomic E-state index is -0.234. The molecular formula is C30H48N4O5. The third kappa shape index (κ3) is 8.32. The first-order valence-corrected chi connectivity index (χ1v) is 14.8. The summed E-state index contributed by atoms with van der Waals surface area (Å²) >= 11 is 0. The Kier molecular flexibility index (Phi) is 10.9. The maximum absolute atomic E-state index is 13.6. The number of ether oxygens (including phenoxy) is 3. The summed E-state index contributed by atoms with van der Waals surface area (Å²) in [7, 11) is 3.52. The summed E-state index contributed by atoms with van der Waals surface area (Å²) in [5, 5.41) is 6.01. The lowest BCUT2D eigenvalue weighted by Gasteiger charge is -2.38. The van der Waals surface area contributed by atoms with E-state index in [4.69, 9.17) is 14.2 Å². The van der Waals surface area contributed by atoms with Gasteiger partial charge in [0.15, 0.2) is 0 Å². The molecule has 3 aliphatic rings. The van der Waals surface area contributed by atoms with Gasteiger partial charge in [-0.3, -0.25) is 9.69 Å². The third-order valence-corrected chi connectivity index (χ3v) is 8.61. The molecule has 1 aromatic rings. The molecule has 2 N–H and O–H groups in total. The lowest BCUT2D eigenvalue weighted by Crippen LogP contribution is -2.48. The first kappa shape index (κ1) is 29.6. The van der Waals surface area contributed by atoms with Crippen molar-refractivity contribution in [2.75, 3.05) is 58.9 Å². The van der Waals surface area contributed by atoms with Gasteiger partial charge in [-0.25, -0.2) is 4.79 Å². The second-order valence-electron chi connectivity index (χ2n) is 11.8. The molecule has 0 bridgehead atoms. The van der Waals surface area contributed by atoms with E-state index in [1.165, 1.54) is 6.42 Å². The molecule has 1 saturated heterocycles. The van der Waals surface area contributed by atoms with Crippen LogP contribution >= 0.6 is 0 Å². The number of methoxy groups -OCH3 is 1. The van der Waals surface area contributed by atoms with Crippen LogP contribution < -0.4 is 15.4 Å². The van der Waals surface area contributed by atoms with Crippen LogP contribution in [0, 0.1) is 11.8 Å². The standard InChI is InChI=1S/C30H48N4O5/c1-21-17-34(18-23-12-14-38-15-13-23)22(2)20-39-27-11-10-25(32-30(36)31-24-8-6-5-7-9-24)16-26(27)29(35)33(3)19-28(21)37-4/h10-11,16,21-24,28H,5-9,12-15,17-20H2,1-4H3,(H2,31,32,36)/t21-,22-,28+/m1/s1. The molecule has 0 unspecified atom stereocenters. The van der Waals surface area contributed by atoms with Gasteiger partial charge in [-0.15, -0.1) is 0 Å². The Labute approximate surface area is 233 Å². The number of anilines is 1. The van der Waals surface area contributed by atoms with Crippen LogP contribution in [0.4, 0.5) is 10.5 Å². The Balaban J connectivity index is 1.52. The van der Waals surface area contributed by atoms with Crippen molar-refractivity contribution >= 4 is 17.6 Å². The molecule has 1 saturated carbocycles. The first-order valence-electron chi connectivity index (χ1n) is 14.8.